The number of hydrogen-bond acceptors (Lipinski definition) is 2. The average Bonchev–Trinajstić information content (AvgIpc) is 2.82. The Morgan fingerprint density at radius 1 is 1.11 bits per heavy atom. The number of benzene rings is 2. The van der Waals surface area contributed by atoms with E-state index in [0.717, 1.165) is 26.2 Å². The fraction of sp³-hybridized carbons (Fsp3) is 0.250. The Morgan fingerprint density at radius 3 is 2.58 bits per heavy atom. The van der Waals surface area contributed by atoms with Gasteiger partial charge in [-0.1, -0.05) is 38.1 Å². The van der Waals surface area contributed by atoms with Gasteiger partial charge >= 0.3 is 0 Å². The van der Waals surface area contributed by atoms with Crippen LogP contribution >= 0.6 is 15.9 Å². The molecule has 98 valence electrons. The highest BCUT2D eigenvalue weighted by atomic mass is 79.9. The van der Waals surface area contributed by atoms with Crippen LogP contribution in [-0.4, -0.2) is 5.11 Å². The molecule has 3 heteroatoms. The van der Waals surface area contributed by atoms with Gasteiger partial charge in [0, 0.05) is 5.39 Å². The molecule has 0 radical (unpaired) electrons. The van der Waals surface area contributed by atoms with Crippen LogP contribution in [0.5, 0.6) is 0 Å². The van der Waals surface area contributed by atoms with Crippen LogP contribution < -0.4 is 0 Å². The second-order valence-electron chi connectivity index (χ2n) is 5.17. The van der Waals surface area contributed by atoms with E-state index in [9.17, 15) is 5.11 Å². The van der Waals surface area contributed by atoms with Crippen LogP contribution in [0.25, 0.3) is 21.7 Å². The summed E-state index contributed by atoms with van der Waals surface area (Å²) in [6, 6.07) is 12.2. The highest BCUT2D eigenvalue weighted by molar-refractivity contribution is 9.10. The van der Waals surface area contributed by atoms with E-state index in [1.54, 1.807) is 0 Å². The Morgan fingerprint density at radius 2 is 1.84 bits per heavy atom. The number of furan rings is 1. The Hall–Kier alpha value is -1.32. The van der Waals surface area contributed by atoms with Gasteiger partial charge < -0.3 is 9.52 Å². The van der Waals surface area contributed by atoms with Gasteiger partial charge in [-0.3, -0.25) is 0 Å². The standard InChI is InChI=1S/C16H15BrO2/c1-9(2)15(18)13-8-11-7-10-5-3-4-6-12(10)14(17)16(11)19-13/h3-9,15,18H,1-2H3. The highest BCUT2D eigenvalue weighted by Crippen LogP contribution is 2.36. The number of rotatable bonds is 2. The summed E-state index contributed by atoms with van der Waals surface area (Å²) in [5.74, 6) is 0.759. The molecule has 0 saturated carbocycles. The summed E-state index contributed by atoms with van der Waals surface area (Å²) in [6.07, 6.45) is -0.567. The zero-order chi connectivity index (χ0) is 13.6. The fourth-order valence-electron chi connectivity index (χ4n) is 2.29. The molecule has 0 bridgehead atoms. The van der Waals surface area contributed by atoms with Crippen LogP contribution in [0.3, 0.4) is 0 Å². The summed E-state index contributed by atoms with van der Waals surface area (Å²) in [7, 11) is 0. The minimum absolute atomic E-state index is 0.133. The third kappa shape index (κ3) is 2.07. The molecular formula is C16H15BrO2. The average molecular weight is 319 g/mol. The first kappa shape index (κ1) is 12.7. The molecule has 3 rings (SSSR count). The van der Waals surface area contributed by atoms with Crippen molar-refractivity contribution in [2.75, 3.05) is 0 Å². The van der Waals surface area contributed by atoms with Crippen molar-refractivity contribution in [1.29, 1.82) is 0 Å². The Bertz CT molecular complexity index is 743. The number of halogens is 1. The van der Waals surface area contributed by atoms with E-state index in [1.165, 1.54) is 0 Å². The van der Waals surface area contributed by atoms with Gasteiger partial charge in [0.2, 0.25) is 0 Å². The smallest absolute Gasteiger partial charge is 0.149 e. The van der Waals surface area contributed by atoms with Gasteiger partial charge in [0.1, 0.15) is 17.4 Å². The second-order valence-corrected chi connectivity index (χ2v) is 5.96. The quantitative estimate of drug-likeness (QED) is 0.718. The first-order valence-electron chi connectivity index (χ1n) is 6.36. The molecule has 1 heterocycles. The third-order valence-corrected chi connectivity index (χ3v) is 4.20. The lowest BCUT2D eigenvalue weighted by molar-refractivity contribution is 0.104. The van der Waals surface area contributed by atoms with Gasteiger partial charge in [-0.05, 0) is 44.8 Å². The van der Waals surface area contributed by atoms with Gasteiger partial charge in [-0.25, -0.2) is 0 Å². The first-order chi connectivity index (χ1) is 9.08. The molecule has 19 heavy (non-hydrogen) atoms. The van der Waals surface area contributed by atoms with Crippen LogP contribution in [-0.2, 0) is 0 Å². The zero-order valence-corrected chi connectivity index (χ0v) is 12.4. The number of aliphatic hydroxyl groups excluding tert-OH is 1. The molecule has 0 aliphatic rings. The number of aliphatic hydroxyl groups is 1. The summed E-state index contributed by atoms with van der Waals surface area (Å²) in [4.78, 5) is 0. The van der Waals surface area contributed by atoms with E-state index >= 15 is 0 Å². The summed E-state index contributed by atoms with van der Waals surface area (Å²) in [5.41, 5.74) is 0.799. The van der Waals surface area contributed by atoms with Crippen molar-refractivity contribution in [1.82, 2.24) is 0 Å². The molecule has 2 nitrogen and oxygen atoms in total. The maximum absolute atomic E-state index is 10.1. The van der Waals surface area contributed by atoms with E-state index in [0.29, 0.717) is 5.76 Å². The summed E-state index contributed by atoms with van der Waals surface area (Å²) in [5, 5.41) is 13.4. The molecule has 0 aliphatic heterocycles. The molecule has 1 unspecified atom stereocenters. The van der Waals surface area contributed by atoms with Gasteiger partial charge in [0.15, 0.2) is 0 Å². The van der Waals surface area contributed by atoms with E-state index in [2.05, 4.69) is 34.1 Å². The minimum atomic E-state index is -0.567. The van der Waals surface area contributed by atoms with E-state index in [4.69, 9.17) is 4.42 Å². The maximum atomic E-state index is 10.1. The lowest BCUT2D eigenvalue weighted by Crippen LogP contribution is -2.03. The molecule has 0 saturated heterocycles. The van der Waals surface area contributed by atoms with Crippen molar-refractivity contribution < 1.29 is 9.52 Å². The van der Waals surface area contributed by atoms with Gasteiger partial charge in [0.05, 0.1) is 4.47 Å². The van der Waals surface area contributed by atoms with E-state index in [1.807, 2.05) is 32.0 Å². The van der Waals surface area contributed by atoms with Gasteiger partial charge in [-0.2, -0.15) is 0 Å². The Labute approximate surface area is 120 Å². The van der Waals surface area contributed by atoms with Crippen LogP contribution in [0.4, 0.5) is 0 Å². The molecular weight excluding hydrogens is 304 g/mol. The third-order valence-electron chi connectivity index (χ3n) is 3.41. The van der Waals surface area contributed by atoms with Crippen LogP contribution in [0.15, 0.2) is 45.3 Å². The van der Waals surface area contributed by atoms with Crippen molar-refractivity contribution in [2.45, 2.75) is 20.0 Å². The van der Waals surface area contributed by atoms with Crippen molar-refractivity contribution >= 4 is 37.7 Å². The van der Waals surface area contributed by atoms with E-state index < -0.39 is 6.10 Å². The maximum Gasteiger partial charge on any atom is 0.149 e. The molecule has 3 aromatic rings. The zero-order valence-electron chi connectivity index (χ0n) is 10.9. The molecule has 2 aromatic carbocycles. The minimum Gasteiger partial charge on any atom is -0.457 e. The highest BCUT2D eigenvalue weighted by Gasteiger charge is 2.18. The summed E-state index contributed by atoms with van der Waals surface area (Å²) < 4.78 is 6.78. The van der Waals surface area contributed by atoms with Crippen molar-refractivity contribution in [3.63, 3.8) is 0 Å². The lowest BCUT2D eigenvalue weighted by Gasteiger charge is -2.10. The first-order valence-corrected chi connectivity index (χ1v) is 7.16. The second kappa shape index (κ2) is 4.66. The van der Waals surface area contributed by atoms with Crippen molar-refractivity contribution in [3.05, 3.63) is 46.6 Å². The van der Waals surface area contributed by atoms with Crippen molar-refractivity contribution in [2.24, 2.45) is 5.92 Å². The Balaban J connectivity index is 2.28. The Kier molecular flexibility index (Phi) is 3.11. The molecule has 1 aromatic heterocycles. The number of fused-ring (bicyclic) bond motifs is 2. The van der Waals surface area contributed by atoms with Gasteiger partial charge in [-0.15, -0.1) is 0 Å². The number of hydrogen-bond donors (Lipinski definition) is 1. The van der Waals surface area contributed by atoms with Crippen LogP contribution in [0.2, 0.25) is 0 Å². The molecule has 0 spiro atoms. The largest absolute Gasteiger partial charge is 0.457 e. The van der Waals surface area contributed by atoms with E-state index in [-0.39, 0.29) is 5.92 Å². The summed E-state index contributed by atoms with van der Waals surface area (Å²) in [6.45, 7) is 3.95. The molecule has 0 aliphatic carbocycles. The SMILES string of the molecule is CC(C)C(O)c1cc2cc3ccccc3c(Br)c2o1. The van der Waals surface area contributed by atoms with Gasteiger partial charge in [0.25, 0.3) is 0 Å². The molecule has 1 atom stereocenters. The molecule has 0 amide bonds. The monoisotopic (exact) mass is 318 g/mol. The van der Waals surface area contributed by atoms with Crippen molar-refractivity contribution in [3.8, 4) is 0 Å². The predicted octanol–water partition coefficient (Wildman–Crippen LogP) is 5.04. The predicted molar refractivity (Wildman–Crippen MR) is 81.2 cm³/mol. The lowest BCUT2D eigenvalue weighted by atomic mass is 10.0. The van der Waals surface area contributed by atoms with Crippen LogP contribution in [0.1, 0.15) is 25.7 Å². The topological polar surface area (TPSA) is 33.4 Å². The molecule has 0 fully saturated rings. The summed E-state index contributed by atoms with van der Waals surface area (Å²) >= 11 is 3.61. The fourth-order valence-corrected chi connectivity index (χ4v) is 2.96. The normalized spacial score (nSPS) is 13.5. The van der Waals surface area contributed by atoms with Crippen LogP contribution in [0, 0.1) is 5.92 Å². The molecule has 1 N–H and O–H groups in total.